The van der Waals surface area contributed by atoms with E-state index in [1.54, 1.807) is 19.1 Å². The van der Waals surface area contributed by atoms with E-state index in [1.807, 2.05) is 18.2 Å². The number of esters is 1. The Bertz CT molecular complexity index is 299. The molecule has 0 amide bonds. The molecule has 1 aromatic rings. The van der Waals surface area contributed by atoms with Gasteiger partial charge in [0.2, 0.25) is 0 Å². The second kappa shape index (κ2) is 8.73. The van der Waals surface area contributed by atoms with Gasteiger partial charge in [0.25, 0.3) is 0 Å². The maximum absolute atomic E-state index is 11.0. The third kappa shape index (κ3) is 6.04. The first-order chi connectivity index (χ1) is 8.34. The molecule has 0 saturated carbocycles. The van der Waals surface area contributed by atoms with Crippen molar-refractivity contribution in [3.05, 3.63) is 35.9 Å². The zero-order valence-electron chi connectivity index (χ0n) is 10.2. The summed E-state index contributed by atoms with van der Waals surface area (Å²) < 4.78 is 4.79. The summed E-state index contributed by atoms with van der Waals surface area (Å²) in [5.74, 6) is -0.256. The van der Waals surface area contributed by atoms with Crippen LogP contribution in [0, 0.1) is 0 Å². The standard InChI is InChI=1S/C9H10O2.C4H10N2/c1-2-11-9(10)8-6-4-3-5-7-8;1-2-6-4-3-5-1/h3-7H,2H2,1H3;5-6H,1-4H2. The predicted octanol–water partition coefficient (Wildman–Crippen LogP) is 1.04. The predicted molar refractivity (Wildman–Crippen MR) is 68.1 cm³/mol. The van der Waals surface area contributed by atoms with Crippen LogP contribution in [0.15, 0.2) is 30.3 Å². The Labute approximate surface area is 102 Å². The van der Waals surface area contributed by atoms with E-state index in [0.717, 1.165) is 26.2 Å². The molecule has 4 nitrogen and oxygen atoms in total. The fourth-order valence-electron chi connectivity index (χ4n) is 1.39. The van der Waals surface area contributed by atoms with Gasteiger partial charge in [-0.25, -0.2) is 4.79 Å². The molecule has 2 N–H and O–H groups in total. The highest BCUT2D eigenvalue weighted by molar-refractivity contribution is 5.89. The van der Waals surface area contributed by atoms with E-state index in [-0.39, 0.29) is 5.97 Å². The van der Waals surface area contributed by atoms with E-state index >= 15 is 0 Å². The third-order valence-corrected chi connectivity index (χ3v) is 2.24. The number of carbonyl (C=O) groups excluding carboxylic acids is 1. The van der Waals surface area contributed by atoms with Gasteiger partial charge in [0, 0.05) is 26.2 Å². The van der Waals surface area contributed by atoms with Crippen LogP contribution in [0.5, 0.6) is 0 Å². The highest BCUT2D eigenvalue weighted by Gasteiger charge is 2.02. The first-order valence-corrected chi connectivity index (χ1v) is 5.98. The molecule has 1 fully saturated rings. The Morgan fingerprint density at radius 3 is 2.06 bits per heavy atom. The normalized spacial score (nSPS) is 14.4. The van der Waals surface area contributed by atoms with Crippen molar-refractivity contribution in [3.8, 4) is 0 Å². The molecular formula is C13H20N2O2. The first-order valence-electron chi connectivity index (χ1n) is 5.98. The Balaban J connectivity index is 0.000000202. The minimum absolute atomic E-state index is 0.256. The molecule has 0 unspecified atom stereocenters. The molecule has 0 atom stereocenters. The number of piperazine rings is 1. The maximum Gasteiger partial charge on any atom is 0.338 e. The summed E-state index contributed by atoms with van der Waals surface area (Å²) in [5, 5.41) is 6.44. The zero-order chi connectivity index (χ0) is 12.3. The van der Waals surface area contributed by atoms with Gasteiger partial charge in [-0.1, -0.05) is 18.2 Å². The van der Waals surface area contributed by atoms with Crippen LogP contribution >= 0.6 is 0 Å². The van der Waals surface area contributed by atoms with Gasteiger partial charge < -0.3 is 15.4 Å². The van der Waals surface area contributed by atoms with Crippen LogP contribution in [-0.2, 0) is 4.74 Å². The summed E-state index contributed by atoms with van der Waals surface area (Å²) in [4.78, 5) is 11.0. The number of ether oxygens (including phenoxy) is 1. The number of hydrogen-bond donors (Lipinski definition) is 2. The minimum Gasteiger partial charge on any atom is -0.462 e. The van der Waals surface area contributed by atoms with Crippen molar-refractivity contribution in [3.63, 3.8) is 0 Å². The van der Waals surface area contributed by atoms with Crippen molar-refractivity contribution in [1.82, 2.24) is 10.6 Å². The van der Waals surface area contributed by atoms with Crippen LogP contribution in [0.3, 0.4) is 0 Å². The lowest BCUT2D eigenvalue weighted by molar-refractivity contribution is 0.0526. The Kier molecular flexibility index (Phi) is 7.02. The van der Waals surface area contributed by atoms with Crippen LogP contribution in [0.25, 0.3) is 0 Å². The van der Waals surface area contributed by atoms with Gasteiger partial charge in [0.1, 0.15) is 0 Å². The van der Waals surface area contributed by atoms with Gasteiger partial charge in [-0.3, -0.25) is 0 Å². The van der Waals surface area contributed by atoms with Crippen LogP contribution in [-0.4, -0.2) is 38.8 Å². The highest BCUT2D eigenvalue weighted by Crippen LogP contribution is 1.99. The lowest BCUT2D eigenvalue weighted by Gasteiger charge is -2.11. The van der Waals surface area contributed by atoms with E-state index in [0.29, 0.717) is 12.2 Å². The lowest BCUT2D eigenvalue weighted by Crippen LogP contribution is -2.39. The molecular weight excluding hydrogens is 216 g/mol. The fourth-order valence-corrected chi connectivity index (χ4v) is 1.39. The van der Waals surface area contributed by atoms with Crippen molar-refractivity contribution in [2.75, 3.05) is 32.8 Å². The van der Waals surface area contributed by atoms with Crippen molar-refractivity contribution in [2.24, 2.45) is 0 Å². The van der Waals surface area contributed by atoms with E-state index in [4.69, 9.17) is 4.74 Å². The summed E-state index contributed by atoms with van der Waals surface area (Å²) in [6.45, 7) is 6.77. The van der Waals surface area contributed by atoms with Crippen molar-refractivity contribution in [2.45, 2.75) is 6.92 Å². The Morgan fingerprint density at radius 2 is 1.65 bits per heavy atom. The lowest BCUT2D eigenvalue weighted by atomic mass is 10.2. The molecule has 0 spiro atoms. The summed E-state index contributed by atoms with van der Waals surface area (Å²) in [7, 11) is 0. The monoisotopic (exact) mass is 236 g/mol. The molecule has 1 heterocycles. The third-order valence-electron chi connectivity index (χ3n) is 2.24. The molecule has 94 valence electrons. The molecule has 4 heteroatoms. The maximum atomic E-state index is 11.0. The van der Waals surface area contributed by atoms with Gasteiger partial charge in [-0.05, 0) is 19.1 Å². The molecule has 0 aliphatic carbocycles. The minimum atomic E-state index is -0.256. The van der Waals surface area contributed by atoms with Gasteiger partial charge in [0.05, 0.1) is 12.2 Å². The van der Waals surface area contributed by atoms with Crippen molar-refractivity contribution < 1.29 is 9.53 Å². The second-order valence-electron chi connectivity index (χ2n) is 3.59. The summed E-state index contributed by atoms with van der Waals surface area (Å²) >= 11 is 0. The molecule has 0 radical (unpaired) electrons. The largest absolute Gasteiger partial charge is 0.462 e. The van der Waals surface area contributed by atoms with Crippen LogP contribution < -0.4 is 10.6 Å². The SMILES string of the molecule is C1CNCCN1.CCOC(=O)c1ccccc1. The molecule has 0 bridgehead atoms. The van der Waals surface area contributed by atoms with E-state index in [1.165, 1.54) is 0 Å². The quantitative estimate of drug-likeness (QED) is 0.753. The molecule has 1 saturated heterocycles. The summed E-state index contributed by atoms with van der Waals surface area (Å²) in [5.41, 5.74) is 0.606. The van der Waals surface area contributed by atoms with Gasteiger partial charge in [-0.15, -0.1) is 0 Å². The van der Waals surface area contributed by atoms with Crippen molar-refractivity contribution in [1.29, 1.82) is 0 Å². The van der Waals surface area contributed by atoms with Gasteiger partial charge in [0.15, 0.2) is 0 Å². The van der Waals surface area contributed by atoms with E-state index in [9.17, 15) is 4.79 Å². The number of nitrogens with one attached hydrogen (secondary N) is 2. The summed E-state index contributed by atoms with van der Waals surface area (Å²) in [6, 6.07) is 8.96. The number of carbonyl (C=O) groups is 1. The first kappa shape index (κ1) is 13.7. The van der Waals surface area contributed by atoms with Gasteiger partial charge >= 0.3 is 5.97 Å². The highest BCUT2D eigenvalue weighted by atomic mass is 16.5. The Morgan fingerprint density at radius 1 is 1.12 bits per heavy atom. The summed E-state index contributed by atoms with van der Waals surface area (Å²) in [6.07, 6.45) is 0. The van der Waals surface area contributed by atoms with Crippen LogP contribution in [0.2, 0.25) is 0 Å². The molecule has 2 rings (SSSR count). The van der Waals surface area contributed by atoms with Crippen molar-refractivity contribution >= 4 is 5.97 Å². The smallest absolute Gasteiger partial charge is 0.338 e. The van der Waals surface area contributed by atoms with E-state index < -0.39 is 0 Å². The van der Waals surface area contributed by atoms with E-state index in [2.05, 4.69) is 10.6 Å². The molecule has 1 aliphatic rings. The molecule has 17 heavy (non-hydrogen) atoms. The van der Waals surface area contributed by atoms with Gasteiger partial charge in [-0.2, -0.15) is 0 Å². The number of hydrogen-bond acceptors (Lipinski definition) is 4. The van der Waals surface area contributed by atoms with Crippen LogP contribution in [0.4, 0.5) is 0 Å². The van der Waals surface area contributed by atoms with Crippen LogP contribution in [0.1, 0.15) is 17.3 Å². The molecule has 0 aromatic heterocycles. The number of benzene rings is 1. The average Bonchev–Trinajstić information content (AvgIpc) is 2.43. The molecule has 1 aliphatic heterocycles. The topological polar surface area (TPSA) is 50.4 Å². The number of rotatable bonds is 2. The average molecular weight is 236 g/mol. The fraction of sp³-hybridized carbons (Fsp3) is 0.462. The Hall–Kier alpha value is -1.39. The second-order valence-corrected chi connectivity index (χ2v) is 3.59. The zero-order valence-corrected chi connectivity index (χ0v) is 10.2. The molecule has 1 aromatic carbocycles.